The van der Waals surface area contributed by atoms with Crippen LogP contribution in [-0.4, -0.2) is 49.6 Å². The van der Waals surface area contributed by atoms with Crippen molar-refractivity contribution >= 4 is 52.4 Å². The smallest absolute Gasteiger partial charge is 0.265 e. The minimum Gasteiger partial charge on any atom is -0.482 e. The lowest BCUT2D eigenvalue weighted by Gasteiger charge is -2.29. The van der Waals surface area contributed by atoms with Crippen LogP contribution in [0.15, 0.2) is 53.5 Å². The van der Waals surface area contributed by atoms with E-state index in [4.69, 9.17) is 9.73 Å². The summed E-state index contributed by atoms with van der Waals surface area (Å²) in [6.45, 7) is 7.13. The molecule has 4 rings (SSSR count). The molecule has 1 amide bonds. The Hall–Kier alpha value is -2.75. The number of nitrogens with zero attached hydrogens (tertiary/aromatic N) is 2. The van der Waals surface area contributed by atoms with E-state index in [0.29, 0.717) is 13.1 Å². The van der Waals surface area contributed by atoms with Gasteiger partial charge in [-0.15, -0.1) is 24.0 Å². The second-order valence-electron chi connectivity index (χ2n) is 7.87. The van der Waals surface area contributed by atoms with Crippen LogP contribution in [0.2, 0.25) is 0 Å². The zero-order valence-electron chi connectivity index (χ0n) is 19.2. The molecule has 33 heavy (non-hydrogen) atoms. The number of aliphatic imine (C=N–C) groups is 1. The third-order valence-electron chi connectivity index (χ3n) is 5.66. The number of nitrogens with one attached hydrogen (secondary N) is 3. The van der Waals surface area contributed by atoms with Gasteiger partial charge in [-0.1, -0.05) is 30.3 Å². The summed E-state index contributed by atoms with van der Waals surface area (Å²) in [6.07, 6.45) is 1.69. The summed E-state index contributed by atoms with van der Waals surface area (Å²) < 4.78 is 5.51. The molecule has 0 saturated heterocycles. The molecular formula is C25H32IN5O2. The summed E-state index contributed by atoms with van der Waals surface area (Å²) in [4.78, 5) is 22.3. The van der Waals surface area contributed by atoms with Gasteiger partial charge in [-0.3, -0.25) is 9.79 Å². The second-order valence-corrected chi connectivity index (χ2v) is 7.87. The maximum atomic E-state index is 12.3. The Morgan fingerprint density at radius 3 is 2.79 bits per heavy atom. The first kappa shape index (κ1) is 24.9. The van der Waals surface area contributed by atoms with Crippen LogP contribution in [0.1, 0.15) is 24.6 Å². The molecule has 0 radical (unpaired) electrons. The molecule has 0 atom stereocenters. The van der Waals surface area contributed by atoms with Crippen molar-refractivity contribution in [3.8, 4) is 5.75 Å². The molecule has 1 aliphatic heterocycles. The van der Waals surface area contributed by atoms with Crippen molar-refractivity contribution in [2.75, 3.05) is 37.7 Å². The molecule has 0 bridgehead atoms. The van der Waals surface area contributed by atoms with E-state index in [9.17, 15) is 4.79 Å². The molecule has 7 nitrogen and oxygen atoms in total. The highest BCUT2D eigenvalue weighted by molar-refractivity contribution is 14.0. The number of guanidine groups is 1. The van der Waals surface area contributed by atoms with Crippen molar-refractivity contribution in [1.82, 2.24) is 15.6 Å². The monoisotopic (exact) mass is 561 g/mol. The molecule has 8 heteroatoms. The van der Waals surface area contributed by atoms with E-state index >= 15 is 0 Å². The zero-order valence-corrected chi connectivity index (χ0v) is 21.5. The number of ether oxygens (including phenoxy) is 1. The Morgan fingerprint density at radius 1 is 1.15 bits per heavy atom. The number of aromatic amines is 1. The maximum absolute atomic E-state index is 12.3. The Labute approximate surface area is 212 Å². The number of para-hydroxylation sites is 3. The van der Waals surface area contributed by atoms with E-state index in [1.165, 1.54) is 22.2 Å². The van der Waals surface area contributed by atoms with Crippen molar-refractivity contribution < 1.29 is 9.53 Å². The van der Waals surface area contributed by atoms with Gasteiger partial charge < -0.3 is 25.3 Å². The first-order valence-corrected chi connectivity index (χ1v) is 11.3. The van der Waals surface area contributed by atoms with E-state index in [0.717, 1.165) is 43.3 Å². The Morgan fingerprint density at radius 2 is 1.94 bits per heavy atom. The zero-order chi connectivity index (χ0) is 22.3. The van der Waals surface area contributed by atoms with E-state index in [-0.39, 0.29) is 36.5 Å². The topological polar surface area (TPSA) is 81.8 Å². The number of halogens is 1. The minimum atomic E-state index is -0.00758. The third-order valence-corrected chi connectivity index (χ3v) is 5.66. The number of anilines is 1. The molecule has 0 unspecified atom stereocenters. The number of aromatic nitrogens is 1. The lowest BCUT2D eigenvalue weighted by atomic mass is 10.1. The number of hydrogen-bond acceptors (Lipinski definition) is 3. The average molecular weight is 561 g/mol. The molecule has 2 aromatic carbocycles. The summed E-state index contributed by atoms with van der Waals surface area (Å²) in [7, 11) is 0. The SMILES string of the molecule is CCNC(=NCCCN1C(=O)COc2ccccc21)NCCc1c(C)[nH]c2ccccc12.I. The van der Waals surface area contributed by atoms with Gasteiger partial charge in [-0.05, 0) is 50.5 Å². The van der Waals surface area contributed by atoms with Gasteiger partial charge in [0.25, 0.3) is 5.91 Å². The Bertz CT molecular complexity index is 1110. The van der Waals surface area contributed by atoms with Gasteiger partial charge in [-0.25, -0.2) is 0 Å². The fourth-order valence-corrected chi connectivity index (χ4v) is 4.12. The molecule has 176 valence electrons. The normalized spacial score (nSPS) is 13.3. The van der Waals surface area contributed by atoms with Gasteiger partial charge in [0, 0.05) is 42.8 Å². The minimum absolute atomic E-state index is 0. The van der Waals surface area contributed by atoms with Crippen LogP contribution in [-0.2, 0) is 11.2 Å². The number of amides is 1. The predicted octanol–water partition coefficient (Wildman–Crippen LogP) is 4.01. The standard InChI is InChI=1S/C25H31N5O2.HI/c1-3-26-25(28-15-13-19-18(2)29-21-10-5-4-9-20(19)21)27-14-8-16-30-22-11-6-7-12-23(22)32-17-24(30)31;/h4-7,9-12,29H,3,8,13-17H2,1-2H3,(H2,26,27,28);1H. The van der Waals surface area contributed by atoms with Crippen LogP contribution in [0, 0.1) is 6.92 Å². The molecule has 3 aromatic rings. The number of carbonyl (C=O) groups excluding carboxylic acids is 1. The maximum Gasteiger partial charge on any atom is 0.265 e. The number of fused-ring (bicyclic) bond motifs is 2. The van der Waals surface area contributed by atoms with Gasteiger partial charge in [0.1, 0.15) is 5.75 Å². The number of benzene rings is 2. The molecule has 0 spiro atoms. The highest BCUT2D eigenvalue weighted by Crippen LogP contribution is 2.31. The van der Waals surface area contributed by atoms with Crippen LogP contribution >= 0.6 is 24.0 Å². The van der Waals surface area contributed by atoms with Crippen molar-refractivity contribution in [3.63, 3.8) is 0 Å². The number of hydrogen-bond donors (Lipinski definition) is 3. The van der Waals surface area contributed by atoms with E-state index in [1.54, 1.807) is 4.90 Å². The molecule has 0 aliphatic carbocycles. The van der Waals surface area contributed by atoms with Crippen LogP contribution in [0.25, 0.3) is 10.9 Å². The highest BCUT2D eigenvalue weighted by Gasteiger charge is 2.24. The summed E-state index contributed by atoms with van der Waals surface area (Å²) in [6, 6.07) is 16.1. The van der Waals surface area contributed by atoms with Crippen molar-refractivity contribution in [2.24, 2.45) is 4.99 Å². The third kappa shape index (κ3) is 5.98. The van der Waals surface area contributed by atoms with Crippen LogP contribution < -0.4 is 20.3 Å². The van der Waals surface area contributed by atoms with E-state index in [1.807, 2.05) is 24.3 Å². The van der Waals surface area contributed by atoms with Crippen LogP contribution in [0.3, 0.4) is 0 Å². The fourth-order valence-electron chi connectivity index (χ4n) is 4.12. The lowest BCUT2D eigenvalue weighted by Crippen LogP contribution is -2.40. The summed E-state index contributed by atoms with van der Waals surface area (Å²) in [5.74, 6) is 1.56. The molecule has 1 aliphatic rings. The highest BCUT2D eigenvalue weighted by atomic mass is 127. The van der Waals surface area contributed by atoms with Crippen LogP contribution in [0.4, 0.5) is 5.69 Å². The van der Waals surface area contributed by atoms with E-state index in [2.05, 4.69) is 53.7 Å². The molecule has 0 saturated carbocycles. The van der Waals surface area contributed by atoms with Crippen molar-refractivity contribution in [3.05, 3.63) is 59.8 Å². The average Bonchev–Trinajstić information content (AvgIpc) is 3.13. The Balaban J connectivity index is 0.00000306. The molecule has 2 heterocycles. The van der Waals surface area contributed by atoms with Gasteiger partial charge in [-0.2, -0.15) is 0 Å². The van der Waals surface area contributed by atoms with Gasteiger partial charge in [0.15, 0.2) is 12.6 Å². The largest absolute Gasteiger partial charge is 0.482 e. The molecule has 3 N–H and O–H groups in total. The lowest BCUT2D eigenvalue weighted by molar-refractivity contribution is -0.121. The molecule has 0 fully saturated rings. The Kier molecular flexibility index (Phi) is 8.99. The summed E-state index contributed by atoms with van der Waals surface area (Å²) in [5.41, 5.74) is 4.57. The quantitative estimate of drug-likeness (QED) is 0.168. The number of aryl methyl sites for hydroxylation is 1. The predicted molar refractivity (Wildman–Crippen MR) is 145 cm³/mol. The summed E-state index contributed by atoms with van der Waals surface area (Å²) >= 11 is 0. The van der Waals surface area contributed by atoms with Gasteiger partial charge in [0.2, 0.25) is 0 Å². The number of H-pyrrole nitrogens is 1. The van der Waals surface area contributed by atoms with Crippen LogP contribution in [0.5, 0.6) is 5.75 Å². The summed E-state index contributed by atoms with van der Waals surface area (Å²) in [5, 5.41) is 8.03. The molecular weight excluding hydrogens is 529 g/mol. The fraction of sp³-hybridized carbons (Fsp3) is 0.360. The molecule has 1 aromatic heterocycles. The first-order chi connectivity index (χ1) is 15.7. The number of carbonyl (C=O) groups is 1. The van der Waals surface area contributed by atoms with Gasteiger partial charge in [0.05, 0.1) is 5.69 Å². The van der Waals surface area contributed by atoms with Gasteiger partial charge >= 0.3 is 0 Å². The number of rotatable bonds is 8. The van der Waals surface area contributed by atoms with Crippen molar-refractivity contribution in [2.45, 2.75) is 26.7 Å². The van der Waals surface area contributed by atoms with E-state index < -0.39 is 0 Å². The second kappa shape index (κ2) is 11.9. The van der Waals surface area contributed by atoms with Crippen molar-refractivity contribution in [1.29, 1.82) is 0 Å². The first-order valence-electron chi connectivity index (χ1n) is 11.3.